The number of nitrogens with one attached hydrogen (secondary N) is 2. The molecule has 0 saturated carbocycles. The molecule has 6 heteroatoms. The van der Waals surface area contributed by atoms with Crippen LogP contribution in [0.2, 0.25) is 0 Å². The highest BCUT2D eigenvalue weighted by molar-refractivity contribution is 9.10. The number of amides is 1. The molecule has 1 aromatic rings. The third-order valence-corrected chi connectivity index (χ3v) is 4.04. The third kappa shape index (κ3) is 4.11. The highest BCUT2D eigenvalue weighted by atomic mass is 79.9. The standard InChI is InChI=1S/C15H21BrN2O3/c1-3-21-14-12(16)8-10(9-13(14)20-2)15(19)18-11-4-6-17-7-5-11/h8-9,11,17H,3-7H2,1-2H3,(H,18,19). The molecule has 0 bridgehead atoms. The first kappa shape index (κ1) is 16.1. The lowest BCUT2D eigenvalue weighted by Gasteiger charge is -2.24. The number of halogens is 1. The molecule has 0 unspecified atom stereocenters. The average molecular weight is 357 g/mol. The molecule has 2 rings (SSSR count). The van der Waals surface area contributed by atoms with Gasteiger partial charge in [-0.3, -0.25) is 4.79 Å². The smallest absolute Gasteiger partial charge is 0.251 e. The summed E-state index contributed by atoms with van der Waals surface area (Å²) in [6.07, 6.45) is 1.92. The quantitative estimate of drug-likeness (QED) is 0.849. The van der Waals surface area contributed by atoms with Gasteiger partial charge in [0.2, 0.25) is 0 Å². The SMILES string of the molecule is CCOc1c(Br)cc(C(=O)NC2CCNCC2)cc1OC. The second-order valence-electron chi connectivity index (χ2n) is 4.92. The van der Waals surface area contributed by atoms with E-state index in [1.807, 2.05) is 6.92 Å². The van der Waals surface area contributed by atoms with Gasteiger partial charge in [0.15, 0.2) is 11.5 Å². The molecule has 5 nitrogen and oxygen atoms in total. The maximum absolute atomic E-state index is 12.4. The van der Waals surface area contributed by atoms with Crippen molar-refractivity contribution in [1.82, 2.24) is 10.6 Å². The summed E-state index contributed by atoms with van der Waals surface area (Å²) in [5, 5.41) is 6.35. The van der Waals surface area contributed by atoms with Crippen LogP contribution in [0.5, 0.6) is 11.5 Å². The van der Waals surface area contributed by atoms with Crippen molar-refractivity contribution in [2.75, 3.05) is 26.8 Å². The number of hydrogen-bond acceptors (Lipinski definition) is 4. The minimum atomic E-state index is -0.0797. The number of methoxy groups -OCH3 is 1. The lowest BCUT2D eigenvalue weighted by atomic mass is 10.1. The molecule has 0 spiro atoms. The lowest BCUT2D eigenvalue weighted by Crippen LogP contribution is -2.42. The number of carbonyl (C=O) groups excluding carboxylic acids is 1. The highest BCUT2D eigenvalue weighted by Gasteiger charge is 2.19. The molecule has 1 heterocycles. The van der Waals surface area contributed by atoms with Gasteiger partial charge in [0.1, 0.15) is 0 Å². The first-order valence-corrected chi connectivity index (χ1v) is 7.97. The number of piperidine rings is 1. The monoisotopic (exact) mass is 356 g/mol. The van der Waals surface area contributed by atoms with Crippen molar-refractivity contribution in [1.29, 1.82) is 0 Å². The summed E-state index contributed by atoms with van der Waals surface area (Å²) in [5.74, 6) is 1.10. The summed E-state index contributed by atoms with van der Waals surface area (Å²) in [6.45, 7) is 4.33. The van der Waals surface area contributed by atoms with E-state index < -0.39 is 0 Å². The van der Waals surface area contributed by atoms with Gasteiger partial charge in [-0.2, -0.15) is 0 Å². The number of hydrogen-bond donors (Lipinski definition) is 2. The van der Waals surface area contributed by atoms with Crippen molar-refractivity contribution >= 4 is 21.8 Å². The molecule has 0 atom stereocenters. The molecule has 1 aliphatic heterocycles. The fourth-order valence-corrected chi connectivity index (χ4v) is 2.93. The van der Waals surface area contributed by atoms with Crippen LogP contribution in [0.1, 0.15) is 30.1 Å². The van der Waals surface area contributed by atoms with Crippen LogP contribution < -0.4 is 20.1 Å². The van der Waals surface area contributed by atoms with Crippen LogP contribution in [0.3, 0.4) is 0 Å². The molecular weight excluding hydrogens is 336 g/mol. The Kier molecular flexibility index (Phi) is 5.87. The van der Waals surface area contributed by atoms with Gasteiger partial charge in [0, 0.05) is 11.6 Å². The normalized spacial score (nSPS) is 15.6. The molecule has 0 aliphatic carbocycles. The van der Waals surface area contributed by atoms with Gasteiger partial charge in [-0.1, -0.05) is 0 Å². The van der Waals surface area contributed by atoms with E-state index in [9.17, 15) is 4.79 Å². The van der Waals surface area contributed by atoms with Gasteiger partial charge in [-0.05, 0) is 60.9 Å². The zero-order valence-electron chi connectivity index (χ0n) is 12.4. The third-order valence-electron chi connectivity index (χ3n) is 3.45. The van der Waals surface area contributed by atoms with Crippen LogP contribution in [0.4, 0.5) is 0 Å². The largest absolute Gasteiger partial charge is 0.493 e. The van der Waals surface area contributed by atoms with E-state index in [1.54, 1.807) is 19.2 Å². The molecule has 1 amide bonds. The maximum Gasteiger partial charge on any atom is 0.251 e. The average Bonchev–Trinajstić information content (AvgIpc) is 2.50. The molecule has 2 N–H and O–H groups in total. The molecule has 1 saturated heterocycles. The Labute approximate surface area is 133 Å². The first-order valence-electron chi connectivity index (χ1n) is 7.17. The zero-order chi connectivity index (χ0) is 15.2. The van der Waals surface area contributed by atoms with Crippen LogP contribution in [0.25, 0.3) is 0 Å². The van der Waals surface area contributed by atoms with E-state index in [-0.39, 0.29) is 11.9 Å². The van der Waals surface area contributed by atoms with Crippen molar-refractivity contribution < 1.29 is 14.3 Å². The van der Waals surface area contributed by atoms with Crippen molar-refractivity contribution in [3.63, 3.8) is 0 Å². The summed E-state index contributed by atoms with van der Waals surface area (Å²) >= 11 is 3.44. The molecule has 116 valence electrons. The van der Waals surface area contributed by atoms with Crippen LogP contribution >= 0.6 is 15.9 Å². The summed E-state index contributed by atoms with van der Waals surface area (Å²) in [4.78, 5) is 12.4. The molecule has 1 aromatic carbocycles. The number of rotatable bonds is 5. The fraction of sp³-hybridized carbons (Fsp3) is 0.533. The minimum Gasteiger partial charge on any atom is -0.493 e. The van der Waals surface area contributed by atoms with Gasteiger partial charge in [0.05, 0.1) is 18.2 Å². The van der Waals surface area contributed by atoms with Crippen molar-refractivity contribution in [3.8, 4) is 11.5 Å². The first-order chi connectivity index (χ1) is 10.2. The second kappa shape index (κ2) is 7.66. The maximum atomic E-state index is 12.4. The predicted octanol–water partition coefficient (Wildman–Crippen LogP) is 2.34. The van der Waals surface area contributed by atoms with Gasteiger partial charge in [-0.15, -0.1) is 0 Å². The van der Waals surface area contributed by atoms with Crippen molar-refractivity contribution in [2.24, 2.45) is 0 Å². The fourth-order valence-electron chi connectivity index (χ4n) is 2.37. The van der Waals surface area contributed by atoms with Crippen molar-refractivity contribution in [2.45, 2.75) is 25.8 Å². The Bertz CT molecular complexity index is 502. The van der Waals surface area contributed by atoms with Gasteiger partial charge >= 0.3 is 0 Å². The van der Waals surface area contributed by atoms with Crippen LogP contribution in [-0.4, -0.2) is 38.8 Å². The Morgan fingerprint density at radius 3 is 2.76 bits per heavy atom. The molecule has 1 fully saturated rings. The lowest BCUT2D eigenvalue weighted by molar-refractivity contribution is 0.0929. The summed E-state index contributed by atoms with van der Waals surface area (Å²) in [5.41, 5.74) is 0.570. The molecule has 0 radical (unpaired) electrons. The second-order valence-corrected chi connectivity index (χ2v) is 5.77. The van der Waals surface area contributed by atoms with Crippen LogP contribution in [-0.2, 0) is 0 Å². The Hall–Kier alpha value is -1.27. The van der Waals surface area contributed by atoms with E-state index in [4.69, 9.17) is 9.47 Å². The molecule has 1 aliphatic rings. The summed E-state index contributed by atoms with van der Waals surface area (Å²) in [7, 11) is 1.57. The van der Waals surface area contributed by atoms with Gasteiger partial charge in [-0.25, -0.2) is 0 Å². The predicted molar refractivity (Wildman–Crippen MR) is 85.2 cm³/mol. The summed E-state index contributed by atoms with van der Waals surface area (Å²) in [6, 6.07) is 3.71. The summed E-state index contributed by atoms with van der Waals surface area (Å²) < 4.78 is 11.6. The number of ether oxygens (including phenoxy) is 2. The zero-order valence-corrected chi connectivity index (χ0v) is 14.0. The van der Waals surface area contributed by atoms with Crippen LogP contribution in [0, 0.1) is 0 Å². The van der Waals surface area contributed by atoms with E-state index in [0.29, 0.717) is 23.7 Å². The van der Waals surface area contributed by atoms with Crippen LogP contribution in [0.15, 0.2) is 16.6 Å². The van der Waals surface area contributed by atoms with Crippen molar-refractivity contribution in [3.05, 3.63) is 22.2 Å². The van der Waals surface area contributed by atoms with Gasteiger partial charge in [0.25, 0.3) is 5.91 Å². The van der Waals surface area contributed by atoms with E-state index in [2.05, 4.69) is 26.6 Å². The molecule has 21 heavy (non-hydrogen) atoms. The minimum absolute atomic E-state index is 0.0797. The number of benzene rings is 1. The highest BCUT2D eigenvalue weighted by Crippen LogP contribution is 2.36. The Morgan fingerprint density at radius 2 is 2.14 bits per heavy atom. The Balaban J connectivity index is 2.15. The molecular formula is C15H21BrN2O3. The van der Waals surface area contributed by atoms with E-state index in [0.717, 1.165) is 30.4 Å². The Morgan fingerprint density at radius 1 is 1.43 bits per heavy atom. The topological polar surface area (TPSA) is 59.6 Å². The van der Waals surface area contributed by atoms with Gasteiger partial charge < -0.3 is 20.1 Å². The number of carbonyl (C=O) groups is 1. The van der Waals surface area contributed by atoms with E-state index >= 15 is 0 Å². The molecule has 0 aromatic heterocycles. The van der Waals surface area contributed by atoms with E-state index in [1.165, 1.54) is 0 Å².